The molecule has 0 amide bonds. The molecule has 3 heteroatoms. The molecule has 5 saturated carbocycles. The maximum atomic E-state index is 12.7. The first-order chi connectivity index (χ1) is 12.9. The first kappa shape index (κ1) is 18.6. The maximum absolute atomic E-state index is 12.7. The van der Waals surface area contributed by atoms with Crippen LogP contribution in [0.3, 0.4) is 0 Å². The zero-order chi connectivity index (χ0) is 18.9. The molecule has 0 unspecified atom stereocenters. The first-order valence-corrected chi connectivity index (χ1v) is 11.8. The molecule has 7 atom stereocenters. The van der Waals surface area contributed by atoms with E-state index in [0.29, 0.717) is 36.2 Å². The Morgan fingerprint density at radius 3 is 2.52 bits per heavy atom. The van der Waals surface area contributed by atoms with E-state index in [9.17, 15) is 9.90 Å². The van der Waals surface area contributed by atoms with E-state index in [0.717, 1.165) is 49.9 Å². The van der Waals surface area contributed by atoms with Crippen molar-refractivity contribution in [3.63, 3.8) is 0 Å². The second-order valence-electron chi connectivity index (χ2n) is 11.0. The average Bonchev–Trinajstić information content (AvgIpc) is 3.46. The predicted octanol–water partition coefficient (Wildman–Crippen LogP) is 4.76. The van der Waals surface area contributed by atoms with Gasteiger partial charge in [-0.1, -0.05) is 6.92 Å². The van der Waals surface area contributed by atoms with E-state index in [4.69, 9.17) is 4.74 Å². The molecule has 5 aliphatic rings. The summed E-state index contributed by atoms with van der Waals surface area (Å²) >= 11 is 0. The van der Waals surface area contributed by atoms with Crippen molar-refractivity contribution in [1.82, 2.24) is 0 Å². The van der Waals surface area contributed by atoms with Crippen molar-refractivity contribution in [3.8, 4) is 0 Å². The highest BCUT2D eigenvalue weighted by Gasteiger charge is 2.65. The number of Topliss-reactive ketones (excluding diaryl/α,β-unsaturated/α-hetero) is 1. The fraction of sp³-hybridized carbons (Fsp3) is 0.958. The third kappa shape index (κ3) is 2.63. The molecule has 152 valence electrons. The van der Waals surface area contributed by atoms with Crippen LogP contribution >= 0.6 is 0 Å². The van der Waals surface area contributed by atoms with Gasteiger partial charge < -0.3 is 9.84 Å². The largest absolute Gasteiger partial charge is 0.387 e. The van der Waals surface area contributed by atoms with Crippen molar-refractivity contribution < 1.29 is 14.6 Å². The molecule has 0 radical (unpaired) electrons. The number of ketones is 1. The van der Waals surface area contributed by atoms with Crippen LogP contribution in [-0.2, 0) is 9.53 Å². The molecular formula is C24H38O3. The van der Waals surface area contributed by atoms with E-state index in [1.54, 1.807) is 0 Å². The third-order valence-electron chi connectivity index (χ3n) is 10.0. The third-order valence-corrected chi connectivity index (χ3v) is 10.0. The lowest BCUT2D eigenvalue weighted by atomic mass is 9.42. The van der Waals surface area contributed by atoms with Crippen LogP contribution in [0.4, 0.5) is 0 Å². The number of carbonyl (C=O) groups is 1. The second-order valence-corrected chi connectivity index (χ2v) is 11.0. The Kier molecular flexibility index (Phi) is 4.34. The monoisotopic (exact) mass is 374 g/mol. The Morgan fingerprint density at radius 2 is 1.78 bits per heavy atom. The number of aliphatic hydroxyl groups is 1. The van der Waals surface area contributed by atoms with E-state index in [1.807, 2.05) is 6.92 Å². The number of carbonyl (C=O) groups excluding carboxylic acids is 1. The lowest BCUT2D eigenvalue weighted by molar-refractivity contribution is -0.178. The van der Waals surface area contributed by atoms with Crippen molar-refractivity contribution in [2.45, 2.75) is 90.1 Å². The number of fused-ring (bicyclic) bond motifs is 5. The highest BCUT2D eigenvalue weighted by atomic mass is 16.5. The van der Waals surface area contributed by atoms with Gasteiger partial charge in [-0.2, -0.15) is 0 Å². The molecule has 0 bridgehead atoms. The first-order valence-electron chi connectivity index (χ1n) is 11.8. The molecule has 3 nitrogen and oxygen atoms in total. The van der Waals surface area contributed by atoms with Gasteiger partial charge in [0.1, 0.15) is 5.78 Å². The van der Waals surface area contributed by atoms with E-state index in [-0.39, 0.29) is 5.41 Å². The molecule has 27 heavy (non-hydrogen) atoms. The second kappa shape index (κ2) is 6.29. The average molecular weight is 375 g/mol. The Labute approximate surface area is 164 Å². The summed E-state index contributed by atoms with van der Waals surface area (Å²) in [5, 5.41) is 11.2. The van der Waals surface area contributed by atoms with Crippen molar-refractivity contribution in [2.24, 2.45) is 40.4 Å². The molecule has 5 fully saturated rings. The van der Waals surface area contributed by atoms with Gasteiger partial charge >= 0.3 is 0 Å². The molecule has 0 saturated heterocycles. The minimum Gasteiger partial charge on any atom is -0.387 e. The summed E-state index contributed by atoms with van der Waals surface area (Å²) < 4.78 is 5.67. The van der Waals surface area contributed by atoms with Crippen LogP contribution in [0.15, 0.2) is 0 Å². The summed E-state index contributed by atoms with van der Waals surface area (Å²) in [6.07, 6.45) is 12.8. The molecule has 0 aromatic carbocycles. The molecule has 5 aliphatic carbocycles. The van der Waals surface area contributed by atoms with Gasteiger partial charge in [-0.15, -0.1) is 0 Å². The van der Waals surface area contributed by atoms with Gasteiger partial charge in [0, 0.05) is 18.4 Å². The summed E-state index contributed by atoms with van der Waals surface area (Å²) in [4.78, 5) is 12.7. The SMILES string of the molecule is CCOC[C@]1(O)CC[C@@]2(C3CC3)[C@H](CC[C@@H]3[C@@H]2CC[C@]2(C)C(=O)CC[C@@H]32)C1. The Bertz CT molecular complexity index is 613. The normalized spacial score (nSPS) is 52.2. The lowest BCUT2D eigenvalue weighted by Gasteiger charge is -2.63. The van der Waals surface area contributed by atoms with Gasteiger partial charge in [0.05, 0.1) is 12.2 Å². The minimum atomic E-state index is -0.599. The topological polar surface area (TPSA) is 46.5 Å². The molecule has 1 N–H and O–H groups in total. The molecule has 0 aromatic rings. The standard InChI is InChI=1S/C24H38O3/c1-3-27-15-23(26)12-13-24(16-4-5-16)17(14-23)6-7-18-19-8-9-21(25)22(19,2)11-10-20(18)24/h16-20,26H,3-15H2,1-2H3/t17-,18+,19+,20+,22+,23+,24-/m1/s1. The van der Waals surface area contributed by atoms with E-state index < -0.39 is 5.60 Å². The van der Waals surface area contributed by atoms with E-state index in [2.05, 4.69) is 6.92 Å². The van der Waals surface area contributed by atoms with Crippen LogP contribution < -0.4 is 0 Å². The van der Waals surface area contributed by atoms with E-state index >= 15 is 0 Å². The quantitative estimate of drug-likeness (QED) is 0.772. The van der Waals surface area contributed by atoms with Crippen molar-refractivity contribution in [2.75, 3.05) is 13.2 Å². The summed E-state index contributed by atoms with van der Waals surface area (Å²) in [5.74, 6) is 4.35. The Morgan fingerprint density at radius 1 is 1.00 bits per heavy atom. The van der Waals surface area contributed by atoms with Crippen LogP contribution in [0.25, 0.3) is 0 Å². The zero-order valence-electron chi connectivity index (χ0n) is 17.3. The van der Waals surface area contributed by atoms with Gasteiger partial charge in [0.25, 0.3) is 0 Å². The summed E-state index contributed by atoms with van der Waals surface area (Å²) in [7, 11) is 0. The van der Waals surface area contributed by atoms with Crippen LogP contribution in [0.2, 0.25) is 0 Å². The van der Waals surface area contributed by atoms with Crippen LogP contribution in [0, 0.1) is 40.4 Å². The fourth-order valence-corrected chi connectivity index (χ4v) is 8.67. The molecule has 0 aromatic heterocycles. The summed E-state index contributed by atoms with van der Waals surface area (Å²) in [6, 6.07) is 0. The lowest BCUT2D eigenvalue weighted by Crippen LogP contribution is -2.58. The van der Waals surface area contributed by atoms with Crippen molar-refractivity contribution in [1.29, 1.82) is 0 Å². The van der Waals surface area contributed by atoms with Gasteiger partial charge in [0.15, 0.2) is 0 Å². The molecule has 5 rings (SSSR count). The Hall–Kier alpha value is -0.410. The molecule has 0 heterocycles. The number of rotatable bonds is 4. The van der Waals surface area contributed by atoms with Crippen LogP contribution in [-0.4, -0.2) is 29.7 Å². The van der Waals surface area contributed by atoms with E-state index in [1.165, 1.54) is 38.5 Å². The van der Waals surface area contributed by atoms with Crippen molar-refractivity contribution in [3.05, 3.63) is 0 Å². The van der Waals surface area contributed by atoms with Gasteiger partial charge in [-0.3, -0.25) is 4.79 Å². The summed E-state index contributed by atoms with van der Waals surface area (Å²) in [5.41, 5.74) is -0.143. The fourth-order valence-electron chi connectivity index (χ4n) is 8.67. The molecule has 0 spiro atoms. The van der Waals surface area contributed by atoms with Crippen LogP contribution in [0.1, 0.15) is 84.5 Å². The highest BCUT2D eigenvalue weighted by molar-refractivity contribution is 5.87. The van der Waals surface area contributed by atoms with Crippen molar-refractivity contribution >= 4 is 5.78 Å². The van der Waals surface area contributed by atoms with Gasteiger partial charge in [0.2, 0.25) is 0 Å². The highest BCUT2D eigenvalue weighted by Crippen LogP contribution is 2.71. The zero-order valence-corrected chi connectivity index (χ0v) is 17.3. The van der Waals surface area contributed by atoms with Gasteiger partial charge in [-0.05, 0) is 106 Å². The minimum absolute atomic E-state index is 0.0108. The smallest absolute Gasteiger partial charge is 0.139 e. The van der Waals surface area contributed by atoms with Crippen LogP contribution in [0.5, 0.6) is 0 Å². The van der Waals surface area contributed by atoms with Gasteiger partial charge in [-0.25, -0.2) is 0 Å². The number of hydrogen-bond acceptors (Lipinski definition) is 3. The molecule has 0 aliphatic heterocycles. The predicted molar refractivity (Wildman–Crippen MR) is 105 cm³/mol. The number of hydrogen-bond donors (Lipinski definition) is 1. The molecular weight excluding hydrogens is 336 g/mol. The maximum Gasteiger partial charge on any atom is 0.139 e. The Balaban J connectivity index is 1.43. The summed E-state index contributed by atoms with van der Waals surface area (Å²) in [6.45, 7) is 5.53. The number of ether oxygens (including phenoxy) is 1.